The molecule has 0 aliphatic rings. The predicted octanol–water partition coefficient (Wildman–Crippen LogP) is -0.246. The number of pyridine rings is 1. The molecule has 1 heterocycles. The molecule has 12 heavy (non-hydrogen) atoms. The van der Waals surface area contributed by atoms with Gasteiger partial charge in [-0.2, -0.15) is 0 Å². The summed E-state index contributed by atoms with van der Waals surface area (Å²) in [6.45, 7) is 0.108. The third-order valence-electron chi connectivity index (χ3n) is 0.954. The Morgan fingerprint density at radius 2 is 2.17 bits per heavy atom. The van der Waals surface area contributed by atoms with Crippen LogP contribution >= 0.6 is 0 Å². The molecule has 6 heteroatoms. The quantitative estimate of drug-likeness (QED) is 0.466. The highest BCUT2D eigenvalue weighted by Gasteiger charge is 1.87. The Kier molecular flexibility index (Phi) is 5.20. The molecule has 66 valence electrons. The van der Waals surface area contributed by atoms with Crippen LogP contribution < -0.4 is 4.98 Å². The van der Waals surface area contributed by atoms with Gasteiger partial charge in [0, 0.05) is 11.6 Å². The summed E-state index contributed by atoms with van der Waals surface area (Å²) in [6.07, 6.45) is 3.57. The Morgan fingerprint density at radius 1 is 1.58 bits per heavy atom. The molecule has 1 aromatic heterocycles. The molecule has 0 radical (unpaired) electrons. The number of aliphatic hydroxyl groups is 1. The van der Waals surface area contributed by atoms with E-state index in [0.29, 0.717) is 0 Å². The second-order valence-electron chi connectivity index (χ2n) is 1.79. The van der Waals surface area contributed by atoms with E-state index >= 15 is 0 Å². The summed E-state index contributed by atoms with van der Waals surface area (Å²) < 4.78 is 0. The molecule has 0 atom stereocenters. The molecular formula is C6H8N2O4. The van der Waals surface area contributed by atoms with E-state index in [-0.39, 0.29) is 6.61 Å². The number of aromatic amines is 1. The molecular weight excluding hydrogens is 164 g/mol. The van der Waals surface area contributed by atoms with Crippen LogP contribution in [-0.4, -0.2) is 10.2 Å². The zero-order valence-electron chi connectivity index (χ0n) is 6.14. The minimum atomic E-state index is -1.75. The van der Waals surface area contributed by atoms with Crippen LogP contribution in [-0.2, 0) is 6.61 Å². The maximum atomic E-state index is 8.52. The average Bonchev–Trinajstić information content (AvgIpc) is 2.05. The lowest BCUT2D eigenvalue weighted by molar-refractivity contribution is -0.402. The fraction of sp³-hybridized carbons (Fsp3) is 0.167. The van der Waals surface area contributed by atoms with Gasteiger partial charge in [-0.1, -0.05) is 0 Å². The van der Waals surface area contributed by atoms with Crippen LogP contribution in [0.4, 0.5) is 0 Å². The maximum absolute atomic E-state index is 8.52. The van der Waals surface area contributed by atoms with Gasteiger partial charge in [0.05, 0.1) is 11.7 Å². The number of hydrogen-bond donors (Lipinski definition) is 1. The van der Waals surface area contributed by atoms with Gasteiger partial charge in [0.25, 0.3) is 0 Å². The molecule has 0 aromatic carbocycles. The van der Waals surface area contributed by atoms with Gasteiger partial charge in [-0.05, 0) is 6.07 Å². The van der Waals surface area contributed by atoms with E-state index in [2.05, 4.69) is 4.98 Å². The predicted molar refractivity (Wildman–Crippen MR) is 39.3 cm³/mol. The summed E-state index contributed by atoms with van der Waals surface area (Å²) in [5.41, 5.74) is 0.910. The Balaban J connectivity index is 0.000000261. The lowest BCUT2D eigenvalue weighted by atomic mass is 10.3. The lowest BCUT2D eigenvalue weighted by Crippen LogP contribution is -1.99. The summed E-state index contributed by atoms with van der Waals surface area (Å²) in [5, 5.41) is 23.3. The van der Waals surface area contributed by atoms with Gasteiger partial charge in [0.2, 0.25) is 0 Å². The molecule has 2 N–H and O–H groups in total. The summed E-state index contributed by atoms with van der Waals surface area (Å²) in [4.78, 5) is 11.1. The summed E-state index contributed by atoms with van der Waals surface area (Å²) in [5.74, 6) is 0. The van der Waals surface area contributed by atoms with Crippen LogP contribution in [0.1, 0.15) is 5.56 Å². The van der Waals surface area contributed by atoms with Gasteiger partial charge in [-0.15, -0.1) is 0 Å². The highest BCUT2D eigenvalue weighted by atomic mass is 16.9. The number of hydrogen-bond acceptors (Lipinski definition) is 4. The number of H-pyrrole nitrogens is 1. The van der Waals surface area contributed by atoms with Gasteiger partial charge in [-0.3, -0.25) is 0 Å². The molecule has 0 unspecified atom stereocenters. The van der Waals surface area contributed by atoms with Crippen molar-refractivity contribution in [1.82, 2.24) is 0 Å². The van der Waals surface area contributed by atoms with E-state index in [4.69, 9.17) is 20.4 Å². The monoisotopic (exact) mass is 172 g/mol. The van der Waals surface area contributed by atoms with Crippen LogP contribution in [0.3, 0.4) is 0 Å². The average molecular weight is 172 g/mol. The minimum Gasteiger partial charge on any atom is -0.391 e. The fourth-order valence-electron chi connectivity index (χ4n) is 0.529. The molecule has 0 spiro atoms. The molecule has 1 aromatic rings. The van der Waals surface area contributed by atoms with E-state index in [9.17, 15) is 0 Å². The molecule has 0 aliphatic carbocycles. The Labute approximate surface area is 68.2 Å². The number of nitrogens with zero attached hydrogens (tertiary/aromatic N) is 1. The van der Waals surface area contributed by atoms with Crippen molar-refractivity contribution in [2.45, 2.75) is 6.61 Å². The molecule has 0 amide bonds. The van der Waals surface area contributed by atoms with Gasteiger partial charge < -0.3 is 20.4 Å². The van der Waals surface area contributed by atoms with Crippen LogP contribution in [0.2, 0.25) is 0 Å². The Morgan fingerprint density at radius 3 is 2.42 bits per heavy atom. The molecule has 0 aliphatic heterocycles. The van der Waals surface area contributed by atoms with Crippen LogP contribution in [0.25, 0.3) is 0 Å². The highest BCUT2D eigenvalue weighted by Crippen LogP contribution is 1.89. The maximum Gasteiger partial charge on any atom is 0.172 e. The van der Waals surface area contributed by atoms with E-state index in [1.54, 1.807) is 12.4 Å². The van der Waals surface area contributed by atoms with Crippen LogP contribution in [0.5, 0.6) is 0 Å². The van der Waals surface area contributed by atoms with Crippen molar-refractivity contribution in [2.24, 2.45) is 0 Å². The van der Waals surface area contributed by atoms with Gasteiger partial charge >= 0.3 is 0 Å². The number of nitrogens with one attached hydrogen (secondary N) is 1. The molecule has 1 rings (SSSR count). The second-order valence-corrected chi connectivity index (χ2v) is 1.79. The highest BCUT2D eigenvalue weighted by molar-refractivity contribution is 5.02. The van der Waals surface area contributed by atoms with Crippen molar-refractivity contribution >= 4 is 0 Å². The van der Waals surface area contributed by atoms with E-state index in [1.807, 2.05) is 12.1 Å². The first kappa shape index (κ1) is 10.3. The second kappa shape index (κ2) is 6.05. The third kappa shape index (κ3) is 6.43. The first-order valence-corrected chi connectivity index (χ1v) is 3.04. The topological polar surface area (TPSA) is 101 Å². The van der Waals surface area contributed by atoms with Crippen molar-refractivity contribution in [2.75, 3.05) is 0 Å². The van der Waals surface area contributed by atoms with Crippen molar-refractivity contribution in [1.29, 1.82) is 0 Å². The van der Waals surface area contributed by atoms with E-state index in [1.165, 1.54) is 0 Å². The summed E-state index contributed by atoms with van der Waals surface area (Å²) in [7, 11) is 0. The number of rotatable bonds is 1. The summed E-state index contributed by atoms with van der Waals surface area (Å²) in [6, 6.07) is 3.71. The van der Waals surface area contributed by atoms with Gasteiger partial charge in [-0.25, -0.2) is 4.98 Å². The van der Waals surface area contributed by atoms with E-state index < -0.39 is 5.09 Å². The normalized spacial score (nSPS) is 8.08. The van der Waals surface area contributed by atoms with Crippen molar-refractivity contribution in [3.05, 3.63) is 45.4 Å². The van der Waals surface area contributed by atoms with Gasteiger partial charge in [0.15, 0.2) is 12.4 Å². The zero-order valence-corrected chi connectivity index (χ0v) is 6.14. The Bertz CT molecular complexity index is 222. The first-order valence-electron chi connectivity index (χ1n) is 3.04. The van der Waals surface area contributed by atoms with Crippen molar-refractivity contribution in [3.63, 3.8) is 0 Å². The zero-order chi connectivity index (χ0) is 9.40. The number of aromatic nitrogens is 1. The Hall–Kier alpha value is -1.69. The van der Waals surface area contributed by atoms with Crippen molar-refractivity contribution in [3.8, 4) is 0 Å². The molecule has 6 nitrogen and oxygen atoms in total. The molecule has 0 bridgehead atoms. The smallest absolute Gasteiger partial charge is 0.172 e. The standard InChI is InChI=1S/C6H7NO.NO3/c8-5-6-2-1-3-7-4-6;2-1(3)4/h1-4,8H,5H2;/q;-1/p+1. The van der Waals surface area contributed by atoms with Crippen LogP contribution in [0.15, 0.2) is 24.5 Å². The lowest BCUT2D eigenvalue weighted by Gasteiger charge is -1.83. The number of aliphatic hydroxyl groups excluding tert-OH is 1. The SMILES string of the molecule is O=[N+]([O-])[O-].OCc1ccc[nH+]c1. The molecule has 0 saturated heterocycles. The molecule has 0 saturated carbocycles. The van der Waals surface area contributed by atoms with Gasteiger partial charge in [0.1, 0.15) is 0 Å². The summed E-state index contributed by atoms with van der Waals surface area (Å²) >= 11 is 0. The fourth-order valence-corrected chi connectivity index (χ4v) is 0.529. The molecule has 0 fully saturated rings. The minimum absolute atomic E-state index is 0.108. The third-order valence-corrected chi connectivity index (χ3v) is 0.954. The first-order chi connectivity index (χ1) is 5.66. The van der Waals surface area contributed by atoms with Crippen LogP contribution in [0, 0.1) is 15.3 Å². The van der Waals surface area contributed by atoms with Crippen molar-refractivity contribution < 1.29 is 15.2 Å². The largest absolute Gasteiger partial charge is 0.391 e. The van der Waals surface area contributed by atoms with E-state index in [0.717, 1.165) is 5.56 Å².